The van der Waals surface area contributed by atoms with Gasteiger partial charge >= 0.3 is 6.61 Å². The van der Waals surface area contributed by atoms with E-state index in [1.165, 1.54) is 0 Å². The van der Waals surface area contributed by atoms with Gasteiger partial charge in [0, 0.05) is 24.7 Å². The number of anilines is 2. The molecular formula is C23H26F2N8O2. The summed E-state index contributed by atoms with van der Waals surface area (Å²) in [5.74, 6) is 1.42. The topological polar surface area (TPSA) is 108 Å². The average molecular weight is 485 g/mol. The van der Waals surface area contributed by atoms with Gasteiger partial charge in [-0.15, -0.1) is 0 Å². The molecule has 2 bridgehead atoms. The van der Waals surface area contributed by atoms with Crippen molar-refractivity contribution < 1.29 is 18.3 Å². The molecule has 3 aromatic rings. The maximum Gasteiger partial charge on any atom is 0.345 e. The number of aromatic amines is 1. The molecule has 12 heteroatoms. The molecule has 0 saturated carbocycles. The molecule has 6 rings (SSSR count). The lowest BCUT2D eigenvalue weighted by Gasteiger charge is -2.40. The van der Waals surface area contributed by atoms with E-state index in [2.05, 4.69) is 31.2 Å². The third kappa shape index (κ3) is 3.79. The molecule has 1 N–H and O–H groups in total. The van der Waals surface area contributed by atoms with Crippen LogP contribution in [0, 0.1) is 11.3 Å². The fraction of sp³-hybridized carbons (Fsp3) is 0.565. The van der Waals surface area contributed by atoms with E-state index in [0.29, 0.717) is 49.5 Å². The van der Waals surface area contributed by atoms with E-state index in [-0.39, 0.29) is 23.8 Å². The van der Waals surface area contributed by atoms with Crippen molar-refractivity contribution >= 4 is 22.5 Å². The van der Waals surface area contributed by atoms with Crippen molar-refractivity contribution in [1.29, 1.82) is 5.26 Å². The number of H-pyrrole nitrogens is 1. The number of rotatable bonds is 5. The highest BCUT2D eigenvalue weighted by atomic mass is 19.3. The minimum Gasteiger partial charge on any atom is -0.377 e. The molecule has 3 aromatic heterocycles. The number of ether oxygens (including phenoxy) is 2. The Kier molecular flexibility index (Phi) is 5.53. The van der Waals surface area contributed by atoms with Crippen LogP contribution in [0.25, 0.3) is 16.9 Å². The molecule has 3 fully saturated rings. The summed E-state index contributed by atoms with van der Waals surface area (Å²) in [6, 6.07) is 6.44. The quantitative estimate of drug-likeness (QED) is 0.589. The molecule has 3 aliphatic heterocycles. The number of halogens is 2. The first-order chi connectivity index (χ1) is 17.0. The zero-order chi connectivity index (χ0) is 24.1. The van der Waals surface area contributed by atoms with Crippen LogP contribution in [0.4, 0.5) is 20.3 Å². The number of nitrogens with one attached hydrogen (secondary N) is 1. The molecule has 4 atom stereocenters. The first-order valence-corrected chi connectivity index (χ1v) is 11.9. The normalized spacial score (nSPS) is 26.6. The summed E-state index contributed by atoms with van der Waals surface area (Å²) < 4.78 is 37.9. The molecule has 2 unspecified atom stereocenters. The van der Waals surface area contributed by atoms with Crippen LogP contribution >= 0.6 is 0 Å². The SMILES string of the molecule is C[C@@H]1C[C@H](OC(F)F)CCN1c1cc(N2C3CCC2COC3)nc2c1c(C#N)nn2-c1ccn[nH]1. The zero-order valence-corrected chi connectivity index (χ0v) is 19.3. The van der Waals surface area contributed by atoms with Crippen LogP contribution in [0.15, 0.2) is 18.3 Å². The summed E-state index contributed by atoms with van der Waals surface area (Å²) in [6.45, 7) is 1.04. The number of nitrogens with zero attached hydrogens (tertiary/aromatic N) is 7. The van der Waals surface area contributed by atoms with Crippen molar-refractivity contribution in [3.05, 3.63) is 24.0 Å². The lowest BCUT2D eigenvalue weighted by molar-refractivity contribution is -0.168. The Balaban J connectivity index is 1.49. The molecule has 0 spiro atoms. The van der Waals surface area contributed by atoms with Crippen molar-refractivity contribution in [3.63, 3.8) is 0 Å². The number of hydrogen-bond donors (Lipinski definition) is 1. The summed E-state index contributed by atoms with van der Waals surface area (Å²) in [7, 11) is 0. The van der Waals surface area contributed by atoms with Crippen molar-refractivity contribution in [1.82, 2.24) is 25.0 Å². The Hall–Kier alpha value is -3.30. The Morgan fingerprint density at radius 3 is 2.71 bits per heavy atom. The molecule has 0 aliphatic carbocycles. The third-order valence-corrected chi connectivity index (χ3v) is 7.36. The molecule has 3 saturated heterocycles. The van der Waals surface area contributed by atoms with Crippen molar-refractivity contribution in [2.75, 3.05) is 29.6 Å². The highest BCUT2D eigenvalue weighted by molar-refractivity contribution is 5.96. The predicted molar refractivity (Wildman–Crippen MR) is 123 cm³/mol. The minimum atomic E-state index is -2.78. The summed E-state index contributed by atoms with van der Waals surface area (Å²) in [4.78, 5) is 9.52. The maximum atomic E-state index is 12.8. The van der Waals surface area contributed by atoms with E-state index < -0.39 is 12.7 Å². The maximum absolute atomic E-state index is 12.8. The van der Waals surface area contributed by atoms with E-state index in [0.717, 1.165) is 24.3 Å². The monoisotopic (exact) mass is 484 g/mol. The second-order valence-corrected chi connectivity index (χ2v) is 9.43. The van der Waals surface area contributed by atoms with E-state index >= 15 is 0 Å². The second kappa shape index (κ2) is 8.73. The number of hydrogen-bond acceptors (Lipinski definition) is 8. The number of pyridine rings is 1. The lowest BCUT2D eigenvalue weighted by atomic mass is 9.99. The van der Waals surface area contributed by atoms with Gasteiger partial charge in [0.25, 0.3) is 0 Å². The average Bonchev–Trinajstić information content (AvgIpc) is 3.54. The van der Waals surface area contributed by atoms with Gasteiger partial charge in [-0.2, -0.15) is 28.9 Å². The van der Waals surface area contributed by atoms with Crippen LogP contribution in [0.2, 0.25) is 0 Å². The summed E-state index contributed by atoms with van der Waals surface area (Å²) >= 11 is 0. The van der Waals surface area contributed by atoms with Crippen LogP contribution in [-0.4, -0.2) is 75.6 Å². The Labute approximate surface area is 200 Å². The van der Waals surface area contributed by atoms with Gasteiger partial charge in [-0.1, -0.05) is 0 Å². The van der Waals surface area contributed by atoms with Crippen LogP contribution in [0.3, 0.4) is 0 Å². The van der Waals surface area contributed by atoms with Gasteiger partial charge in [0.05, 0.1) is 48.7 Å². The number of fused-ring (bicyclic) bond motifs is 3. The highest BCUT2D eigenvalue weighted by Gasteiger charge is 2.39. The molecule has 3 aliphatic rings. The third-order valence-electron chi connectivity index (χ3n) is 7.36. The van der Waals surface area contributed by atoms with Crippen molar-refractivity contribution in [3.8, 4) is 11.9 Å². The Morgan fingerprint density at radius 1 is 1.26 bits per heavy atom. The summed E-state index contributed by atoms with van der Waals surface area (Å²) in [6.07, 6.45) is 4.12. The Bertz CT molecular complexity index is 1240. The molecule has 6 heterocycles. The fourth-order valence-electron chi connectivity index (χ4n) is 5.81. The van der Waals surface area contributed by atoms with E-state index in [4.69, 9.17) is 14.5 Å². The lowest BCUT2D eigenvalue weighted by Crippen LogP contribution is -2.47. The van der Waals surface area contributed by atoms with Crippen LogP contribution in [-0.2, 0) is 9.47 Å². The van der Waals surface area contributed by atoms with Crippen LogP contribution in [0.5, 0.6) is 0 Å². The van der Waals surface area contributed by atoms with Crippen molar-refractivity contribution in [2.45, 2.75) is 63.4 Å². The Morgan fingerprint density at radius 2 is 2.06 bits per heavy atom. The predicted octanol–water partition coefficient (Wildman–Crippen LogP) is 2.98. The molecule has 35 heavy (non-hydrogen) atoms. The minimum absolute atomic E-state index is 0.0746. The number of morpholine rings is 1. The smallest absolute Gasteiger partial charge is 0.345 e. The largest absolute Gasteiger partial charge is 0.377 e. The van der Waals surface area contributed by atoms with Gasteiger partial charge in [0.15, 0.2) is 17.2 Å². The summed E-state index contributed by atoms with van der Waals surface area (Å²) in [5, 5.41) is 22.1. The number of nitriles is 1. The fourth-order valence-corrected chi connectivity index (χ4v) is 5.81. The molecule has 10 nitrogen and oxygen atoms in total. The molecule has 0 radical (unpaired) electrons. The first-order valence-electron chi connectivity index (χ1n) is 11.9. The number of aromatic nitrogens is 5. The van der Waals surface area contributed by atoms with Crippen molar-refractivity contribution in [2.24, 2.45) is 0 Å². The number of alkyl halides is 2. The zero-order valence-electron chi connectivity index (χ0n) is 19.3. The first kappa shape index (κ1) is 22.2. The van der Waals surface area contributed by atoms with Gasteiger partial charge < -0.3 is 19.3 Å². The van der Waals surface area contributed by atoms with Crippen LogP contribution in [0.1, 0.15) is 38.3 Å². The van der Waals surface area contributed by atoms with Gasteiger partial charge in [-0.05, 0) is 32.6 Å². The number of piperidine rings is 1. The second-order valence-electron chi connectivity index (χ2n) is 9.43. The van der Waals surface area contributed by atoms with Gasteiger partial charge in [0.1, 0.15) is 11.9 Å². The van der Waals surface area contributed by atoms with Crippen LogP contribution < -0.4 is 9.80 Å². The van der Waals surface area contributed by atoms with Gasteiger partial charge in [0.2, 0.25) is 0 Å². The van der Waals surface area contributed by atoms with E-state index in [1.54, 1.807) is 16.9 Å². The molecule has 0 aromatic carbocycles. The molecular weight excluding hydrogens is 458 g/mol. The van der Waals surface area contributed by atoms with Gasteiger partial charge in [-0.3, -0.25) is 5.10 Å². The standard InChI is InChI=1S/C23H26F2N8O2/c1-13-8-16(35-23(24)25)5-7-31(13)18-9-20(32-14-2-3-15(32)12-34-11-14)28-22-21(18)17(10-26)30-33(22)19-4-6-27-29-19/h4,6,9,13-16,23H,2-3,5,7-8,11-12H2,1H3,(H,27,29)/t13-,14?,15?,16-/m1/s1. The van der Waals surface area contributed by atoms with Gasteiger partial charge in [-0.25, -0.2) is 4.98 Å². The van der Waals surface area contributed by atoms with E-state index in [9.17, 15) is 14.0 Å². The molecule has 184 valence electrons. The molecule has 0 amide bonds. The van der Waals surface area contributed by atoms with E-state index in [1.807, 2.05) is 13.0 Å². The highest BCUT2D eigenvalue weighted by Crippen LogP contribution is 2.40. The summed E-state index contributed by atoms with van der Waals surface area (Å²) in [5.41, 5.74) is 1.65.